The number of Topliss-reactive ketones (excluding diaryl/α,β-unsaturated/α-hetero) is 1. The van der Waals surface area contributed by atoms with Crippen molar-refractivity contribution in [1.82, 2.24) is 10.6 Å². The zero-order valence-corrected chi connectivity index (χ0v) is 69.4. The van der Waals surface area contributed by atoms with Crippen LogP contribution in [0.25, 0.3) is 11.1 Å². The van der Waals surface area contributed by atoms with Crippen molar-refractivity contribution in [2.75, 3.05) is 39.6 Å². The lowest BCUT2D eigenvalue weighted by Crippen LogP contribution is -2.70. The molecule has 0 saturated carbocycles. The molecule has 23 heteroatoms. The minimum absolute atomic E-state index is 0.0192. The normalized spacial score (nSPS) is 23.0. The van der Waals surface area contributed by atoms with Crippen LogP contribution in [0.5, 0.6) is 0 Å². The van der Waals surface area contributed by atoms with Gasteiger partial charge < -0.3 is 91.5 Å². The monoisotopic (exact) mass is 1690 g/mol. The highest BCUT2D eigenvalue weighted by atomic mass is 16.8. The van der Waals surface area contributed by atoms with Crippen LogP contribution in [0.4, 0.5) is 4.79 Å². The highest BCUT2D eigenvalue weighted by Crippen LogP contribution is 2.45. The van der Waals surface area contributed by atoms with Gasteiger partial charge in [-0.15, -0.1) is 0 Å². The second kappa shape index (κ2) is 45.5. The Hall–Kier alpha value is -11.3. The van der Waals surface area contributed by atoms with Crippen LogP contribution in [-0.2, 0) is 138 Å². The molecular weight excluding hydrogens is 1590 g/mol. The lowest BCUT2D eigenvalue weighted by Gasteiger charge is -2.52. The average Bonchev–Trinajstić information content (AvgIpc) is 1.75. The number of nitrogens with one attached hydrogen (secondary N) is 2. The summed E-state index contributed by atoms with van der Waals surface area (Å²) in [6.45, 7) is -0.804. The van der Waals surface area contributed by atoms with Gasteiger partial charge in [-0.05, 0) is 66.8 Å². The smallest absolute Gasteiger partial charge is 0.407 e. The van der Waals surface area contributed by atoms with E-state index in [4.69, 9.17) is 75.8 Å². The summed E-state index contributed by atoms with van der Waals surface area (Å²) in [5.74, 6) is -2.49. The van der Waals surface area contributed by atoms with Gasteiger partial charge in [0.25, 0.3) is 0 Å². The van der Waals surface area contributed by atoms with Crippen LogP contribution in [0.3, 0.4) is 0 Å². The number of carbonyl (C=O) groups is 4. The van der Waals surface area contributed by atoms with Gasteiger partial charge in [0.2, 0.25) is 5.91 Å². The summed E-state index contributed by atoms with van der Waals surface area (Å²) >= 11 is 0. The van der Waals surface area contributed by atoms with Gasteiger partial charge in [0.15, 0.2) is 37.3 Å². The molecule has 15 rings (SSSR count). The molecule has 23 nitrogen and oxygen atoms in total. The zero-order chi connectivity index (χ0) is 85.7. The predicted molar refractivity (Wildman–Crippen MR) is 462 cm³/mol. The number of benzene rings is 11. The van der Waals surface area contributed by atoms with Crippen molar-refractivity contribution in [2.45, 2.75) is 164 Å². The third kappa shape index (κ3) is 24.4. The van der Waals surface area contributed by atoms with Crippen LogP contribution in [0, 0.1) is 0 Å². The molecule has 11 aromatic rings. The van der Waals surface area contributed by atoms with Crippen molar-refractivity contribution in [3.05, 3.63) is 383 Å². The number of ether oxygens (including phenoxy) is 16. The number of hydrogen-bond acceptors (Lipinski definition) is 21. The number of rotatable bonds is 42. The topological polar surface area (TPSA) is 260 Å². The van der Waals surface area contributed by atoms with E-state index in [-0.39, 0.29) is 84.2 Å². The number of fused-ring (bicyclic) bond motifs is 3. The Labute approximate surface area is 727 Å². The first-order valence-corrected chi connectivity index (χ1v) is 42.3. The molecule has 3 N–H and O–H groups in total. The van der Waals surface area contributed by atoms with Crippen molar-refractivity contribution in [3.8, 4) is 11.1 Å². The Morgan fingerprint density at radius 2 is 0.696 bits per heavy atom. The molecule has 125 heavy (non-hydrogen) atoms. The maximum Gasteiger partial charge on any atom is 0.407 e. The number of esters is 1. The average molecular weight is 1690 g/mol. The van der Waals surface area contributed by atoms with E-state index in [1.54, 1.807) is 30.3 Å². The van der Waals surface area contributed by atoms with Crippen molar-refractivity contribution < 1.29 is 100 Å². The molecule has 0 unspecified atom stereocenters. The fourth-order valence-electron chi connectivity index (χ4n) is 16.0. The number of aliphatic hydroxyl groups excluding tert-OH is 1. The van der Waals surface area contributed by atoms with Crippen LogP contribution >= 0.6 is 0 Å². The standard InChI is InChI=1S/C102H104N2O21/c1-69(106)103-89-93(114-60-74-41-19-6-20-42-74)92(124-101-96(117-63-77-47-25-9-26-48-77)94(115-61-75-43-21-7-22-44-75)90(86(55-105)121-101)112-58-72-37-15-4-16-38-72)88(68-111-57-71-35-13-3-14-36-71)122-99(89)125-97-95(116-62-76-45-23-8-24-46-76)91(113-59-73-39-17-5-18-40-73)87(67-110-56-70-33-11-2-12-34-70)123-100(97)119-65-84(98(108)118-66-85(107)78-49-27-10-28-50-78)104-102(109)120-64-83-81-53-31-29-51-79(81)80-52-30-32-54-82(80)83/h2-54,83-84,86-97,99-101,105H,55-68H2,1H3,(H,103,106)(H,104,109)/t84-,86+,87+,88+,89+,90-,91+,92+,93+,94-,95-,96+,97-,99-,100-,101-/m0/s1. The molecule has 11 aromatic carbocycles. The van der Waals surface area contributed by atoms with E-state index in [2.05, 4.69) is 10.6 Å². The van der Waals surface area contributed by atoms with E-state index in [9.17, 15) is 19.5 Å². The molecule has 16 atom stereocenters. The van der Waals surface area contributed by atoms with E-state index >= 15 is 4.79 Å². The summed E-state index contributed by atoms with van der Waals surface area (Å²) in [7, 11) is 0. The van der Waals surface area contributed by atoms with E-state index in [1.807, 2.05) is 291 Å². The molecule has 3 aliphatic heterocycles. The first-order valence-electron chi connectivity index (χ1n) is 42.3. The van der Waals surface area contributed by atoms with Gasteiger partial charge in [-0.25, -0.2) is 9.59 Å². The van der Waals surface area contributed by atoms with Crippen LogP contribution in [-0.4, -0.2) is 167 Å². The van der Waals surface area contributed by atoms with Gasteiger partial charge in [-0.2, -0.15) is 0 Å². The minimum Gasteiger partial charge on any atom is -0.456 e. The first-order chi connectivity index (χ1) is 61.5. The summed E-state index contributed by atoms with van der Waals surface area (Å²) in [5.41, 5.74) is 10.7. The quantitative estimate of drug-likeness (QED) is 0.0237. The minimum atomic E-state index is -1.72. The summed E-state index contributed by atoms with van der Waals surface area (Å²) in [6, 6.07) is 97.8. The molecule has 0 radical (unpaired) electrons. The number of alkyl carbamates (subject to hydrolysis) is 1. The number of carbonyl (C=O) groups excluding carboxylic acids is 4. The summed E-state index contributed by atoms with van der Waals surface area (Å²) in [5, 5.41) is 17.7. The molecular formula is C102H104N2O21. The molecule has 4 aliphatic rings. The molecule has 0 aromatic heterocycles. The number of aliphatic hydroxyl groups is 1. The number of ketones is 1. The SMILES string of the molecule is CC(=O)N[C@H]1[C@H](O[C@@H]2[C@@H](OC[C@H](NC(=O)OCC3c4ccccc4-c4ccccc43)C(=O)OCC(=O)c3ccccc3)O[C@H](COCc3ccccc3)[C@@H](OCc3ccccc3)[C@@H]2OCc2ccccc2)O[C@H](COCc2ccccc2)[C@@H](O[C@@H]2O[C@H](CO)[C@H](OCc3ccccc3)[C@H](OCc3ccccc3)[C@H]2OCc2ccccc2)[C@@H]1OCc1ccccc1. The zero-order valence-electron chi connectivity index (χ0n) is 69.4. The predicted octanol–water partition coefficient (Wildman–Crippen LogP) is 14.7. The fraction of sp³-hybridized carbons (Fsp3) is 0.314. The van der Waals surface area contributed by atoms with E-state index < -0.39 is 142 Å². The largest absolute Gasteiger partial charge is 0.456 e. The van der Waals surface area contributed by atoms with Crippen LogP contribution in [0.2, 0.25) is 0 Å². The van der Waals surface area contributed by atoms with Gasteiger partial charge in [0.1, 0.15) is 79.8 Å². The maximum atomic E-state index is 15.1. The van der Waals surface area contributed by atoms with Crippen molar-refractivity contribution in [1.29, 1.82) is 0 Å². The molecule has 3 heterocycles. The van der Waals surface area contributed by atoms with Gasteiger partial charge in [-0.3, -0.25) is 9.59 Å². The third-order valence-electron chi connectivity index (χ3n) is 22.2. The highest BCUT2D eigenvalue weighted by molar-refractivity contribution is 5.98. The molecule has 648 valence electrons. The Bertz CT molecular complexity index is 5060. The molecule has 3 saturated heterocycles. The van der Waals surface area contributed by atoms with E-state index in [0.717, 1.165) is 66.8 Å². The van der Waals surface area contributed by atoms with E-state index in [0.29, 0.717) is 0 Å². The Balaban J connectivity index is 0.834. The summed E-state index contributed by atoms with van der Waals surface area (Å²) in [4.78, 5) is 58.3. The molecule has 0 spiro atoms. The van der Waals surface area contributed by atoms with Crippen LogP contribution in [0.1, 0.15) is 78.8 Å². The van der Waals surface area contributed by atoms with E-state index in [1.165, 1.54) is 6.92 Å². The lowest BCUT2D eigenvalue weighted by molar-refractivity contribution is -0.384. The summed E-state index contributed by atoms with van der Waals surface area (Å²) < 4.78 is 113. The van der Waals surface area contributed by atoms with Gasteiger partial charge in [0, 0.05) is 18.4 Å². The molecule has 3 fully saturated rings. The Kier molecular flexibility index (Phi) is 32.3. The van der Waals surface area contributed by atoms with Crippen LogP contribution < -0.4 is 10.6 Å². The van der Waals surface area contributed by atoms with Gasteiger partial charge in [0.05, 0.1) is 79.3 Å². The fourth-order valence-corrected chi connectivity index (χ4v) is 16.0. The maximum absolute atomic E-state index is 15.1. The van der Waals surface area contributed by atoms with Crippen molar-refractivity contribution >= 4 is 23.8 Å². The molecule has 0 bridgehead atoms. The van der Waals surface area contributed by atoms with Gasteiger partial charge >= 0.3 is 12.1 Å². The highest BCUT2D eigenvalue weighted by Gasteiger charge is 2.58. The van der Waals surface area contributed by atoms with Crippen molar-refractivity contribution in [2.24, 2.45) is 0 Å². The molecule has 1 aliphatic carbocycles. The second-order valence-corrected chi connectivity index (χ2v) is 31.1. The third-order valence-corrected chi connectivity index (χ3v) is 22.2. The van der Waals surface area contributed by atoms with Gasteiger partial charge in [-0.1, -0.05) is 322 Å². The Morgan fingerprint density at radius 3 is 1.14 bits per heavy atom. The van der Waals surface area contributed by atoms with Crippen molar-refractivity contribution in [3.63, 3.8) is 0 Å². The number of hydrogen-bond donors (Lipinski definition) is 3. The lowest BCUT2D eigenvalue weighted by atomic mass is 9.94. The Morgan fingerprint density at radius 1 is 0.344 bits per heavy atom. The second-order valence-electron chi connectivity index (χ2n) is 31.1. The number of amides is 2. The summed E-state index contributed by atoms with van der Waals surface area (Å²) in [6.07, 6.45) is -19.0. The van der Waals surface area contributed by atoms with Crippen LogP contribution in [0.15, 0.2) is 322 Å². The molecule has 2 amide bonds. The first kappa shape index (κ1) is 88.6.